The van der Waals surface area contributed by atoms with Crippen LogP contribution in [0.2, 0.25) is 0 Å². The van der Waals surface area contributed by atoms with Crippen LogP contribution in [0.5, 0.6) is 5.75 Å². The second kappa shape index (κ2) is 6.91. The third-order valence-electron chi connectivity index (χ3n) is 4.90. The Hall–Kier alpha value is -3.92. The van der Waals surface area contributed by atoms with E-state index in [1.54, 1.807) is 12.3 Å². The van der Waals surface area contributed by atoms with Crippen LogP contribution >= 0.6 is 0 Å². The lowest BCUT2D eigenvalue weighted by molar-refractivity contribution is 0.474. The van der Waals surface area contributed by atoms with Crippen LogP contribution in [0.25, 0.3) is 33.3 Å². The summed E-state index contributed by atoms with van der Waals surface area (Å²) in [7, 11) is 0. The maximum atomic E-state index is 9.97. The summed E-state index contributed by atoms with van der Waals surface area (Å²) in [5.41, 5.74) is 4.89. The fourth-order valence-corrected chi connectivity index (χ4v) is 3.36. The molecular weight excluding hydrogens is 360 g/mol. The second-order valence-corrected chi connectivity index (χ2v) is 7.05. The van der Waals surface area contributed by atoms with Crippen LogP contribution in [-0.4, -0.2) is 16.3 Å². The van der Waals surface area contributed by atoms with E-state index in [1.165, 1.54) is 5.39 Å². The predicted molar refractivity (Wildman–Crippen MR) is 117 cm³/mol. The molecule has 4 nitrogen and oxygen atoms in total. The molecule has 140 valence electrons. The van der Waals surface area contributed by atoms with E-state index in [4.69, 9.17) is 4.42 Å². The van der Waals surface area contributed by atoms with Gasteiger partial charge in [0, 0.05) is 17.3 Å². The minimum absolute atomic E-state index is 0.209. The highest BCUT2D eigenvalue weighted by Gasteiger charge is 2.09. The van der Waals surface area contributed by atoms with Gasteiger partial charge in [-0.1, -0.05) is 42.0 Å². The maximum Gasteiger partial charge on any atom is 0.227 e. The van der Waals surface area contributed by atoms with E-state index in [0.29, 0.717) is 17.0 Å². The first-order chi connectivity index (χ1) is 14.2. The third-order valence-corrected chi connectivity index (χ3v) is 4.90. The number of aliphatic imine (C=N–C) groups is 1. The molecule has 4 aromatic carbocycles. The number of nitrogens with zero attached hydrogens (tertiary/aromatic N) is 2. The summed E-state index contributed by atoms with van der Waals surface area (Å²) in [5.74, 6) is 0.795. The quantitative estimate of drug-likeness (QED) is 0.369. The molecule has 0 aliphatic carbocycles. The van der Waals surface area contributed by atoms with Gasteiger partial charge < -0.3 is 9.52 Å². The summed E-state index contributed by atoms with van der Waals surface area (Å²) >= 11 is 0. The van der Waals surface area contributed by atoms with E-state index < -0.39 is 0 Å². The minimum Gasteiger partial charge on any atom is -0.507 e. The van der Waals surface area contributed by atoms with Gasteiger partial charge in [-0.3, -0.25) is 4.99 Å². The smallest absolute Gasteiger partial charge is 0.227 e. The van der Waals surface area contributed by atoms with E-state index in [0.717, 1.165) is 27.7 Å². The summed E-state index contributed by atoms with van der Waals surface area (Å²) < 4.78 is 5.95. The number of fused-ring (bicyclic) bond motifs is 2. The Labute approximate surface area is 167 Å². The molecule has 0 bridgehead atoms. The molecule has 0 saturated carbocycles. The van der Waals surface area contributed by atoms with Gasteiger partial charge in [0.15, 0.2) is 5.58 Å². The van der Waals surface area contributed by atoms with Gasteiger partial charge >= 0.3 is 0 Å². The number of rotatable bonds is 3. The van der Waals surface area contributed by atoms with Gasteiger partial charge in [-0.15, -0.1) is 0 Å². The van der Waals surface area contributed by atoms with E-state index in [9.17, 15) is 5.11 Å². The van der Waals surface area contributed by atoms with Gasteiger partial charge in [0.25, 0.3) is 0 Å². The van der Waals surface area contributed by atoms with Crippen molar-refractivity contribution in [2.75, 3.05) is 0 Å². The predicted octanol–water partition coefficient (Wildman–Crippen LogP) is 6.41. The largest absolute Gasteiger partial charge is 0.507 e. The van der Waals surface area contributed by atoms with E-state index in [2.05, 4.69) is 34.2 Å². The molecule has 0 radical (unpaired) electrons. The van der Waals surface area contributed by atoms with Crippen molar-refractivity contribution in [1.29, 1.82) is 0 Å². The number of phenols is 1. The van der Waals surface area contributed by atoms with Crippen molar-refractivity contribution in [3.63, 3.8) is 0 Å². The molecule has 1 aromatic heterocycles. The number of phenolic OH excluding ortho intramolecular Hbond substituents is 1. The summed E-state index contributed by atoms with van der Waals surface area (Å²) in [6, 6.07) is 25.4. The molecule has 0 aliphatic rings. The van der Waals surface area contributed by atoms with Gasteiger partial charge in [0.2, 0.25) is 5.89 Å². The molecule has 29 heavy (non-hydrogen) atoms. The zero-order valence-electron chi connectivity index (χ0n) is 15.8. The maximum absolute atomic E-state index is 9.97. The first-order valence-electron chi connectivity index (χ1n) is 9.39. The van der Waals surface area contributed by atoms with Gasteiger partial charge in [0.05, 0.1) is 5.69 Å². The molecule has 0 spiro atoms. The molecule has 5 aromatic rings. The van der Waals surface area contributed by atoms with Gasteiger partial charge in [-0.2, -0.15) is 0 Å². The first kappa shape index (κ1) is 17.2. The lowest BCUT2D eigenvalue weighted by Crippen LogP contribution is -1.83. The highest BCUT2D eigenvalue weighted by molar-refractivity contribution is 5.89. The number of hydrogen-bond donors (Lipinski definition) is 1. The fraction of sp³-hybridized carbons (Fsp3) is 0.0400. The van der Waals surface area contributed by atoms with Crippen molar-refractivity contribution in [2.45, 2.75) is 6.92 Å². The lowest BCUT2D eigenvalue weighted by atomic mass is 10.1. The van der Waals surface area contributed by atoms with Crippen LogP contribution < -0.4 is 0 Å². The lowest BCUT2D eigenvalue weighted by Gasteiger charge is -2.00. The van der Waals surface area contributed by atoms with Crippen LogP contribution in [0.15, 0.2) is 88.3 Å². The molecule has 1 heterocycles. The van der Waals surface area contributed by atoms with Crippen molar-refractivity contribution in [2.24, 2.45) is 4.99 Å². The standard InChI is InChI=1S/C25H18N2O2/c1-16-6-10-23(28)20(12-16)15-26-21-9-11-24-22(14-21)27-25(29-24)19-8-7-17-4-2-3-5-18(17)13-19/h2-15,28H,1H3. The van der Waals surface area contributed by atoms with E-state index >= 15 is 0 Å². The number of oxazole rings is 1. The SMILES string of the molecule is Cc1ccc(O)c(C=Nc2ccc3oc(-c4ccc5ccccc5c4)nc3c2)c1. The Kier molecular flexibility index (Phi) is 4.10. The Morgan fingerprint density at radius 3 is 2.66 bits per heavy atom. The summed E-state index contributed by atoms with van der Waals surface area (Å²) in [4.78, 5) is 9.13. The third kappa shape index (κ3) is 3.36. The van der Waals surface area contributed by atoms with Gasteiger partial charge in [-0.25, -0.2) is 4.98 Å². The number of aromatic hydroxyl groups is 1. The zero-order valence-corrected chi connectivity index (χ0v) is 15.8. The fourth-order valence-electron chi connectivity index (χ4n) is 3.36. The van der Waals surface area contributed by atoms with Crippen molar-refractivity contribution >= 4 is 33.8 Å². The number of aryl methyl sites for hydroxylation is 1. The van der Waals surface area contributed by atoms with Gasteiger partial charge in [-0.05, 0) is 60.2 Å². The highest BCUT2D eigenvalue weighted by Crippen LogP contribution is 2.29. The monoisotopic (exact) mass is 378 g/mol. The second-order valence-electron chi connectivity index (χ2n) is 7.05. The van der Waals surface area contributed by atoms with Crippen molar-refractivity contribution in [1.82, 2.24) is 4.98 Å². The van der Waals surface area contributed by atoms with Crippen molar-refractivity contribution < 1.29 is 9.52 Å². The number of hydrogen-bond acceptors (Lipinski definition) is 4. The Balaban J connectivity index is 1.49. The van der Waals surface area contributed by atoms with Crippen LogP contribution in [0.3, 0.4) is 0 Å². The van der Waals surface area contributed by atoms with Crippen LogP contribution in [-0.2, 0) is 0 Å². The van der Waals surface area contributed by atoms with Crippen molar-refractivity contribution in [3.05, 3.63) is 90.0 Å². The molecule has 0 amide bonds. The number of aromatic nitrogens is 1. The van der Waals surface area contributed by atoms with E-state index in [-0.39, 0.29) is 5.75 Å². The molecular formula is C25H18N2O2. The average molecular weight is 378 g/mol. The molecule has 0 saturated heterocycles. The Morgan fingerprint density at radius 1 is 0.897 bits per heavy atom. The molecule has 5 rings (SSSR count). The number of benzene rings is 4. The summed E-state index contributed by atoms with van der Waals surface area (Å²) in [6.07, 6.45) is 1.66. The molecule has 1 N–H and O–H groups in total. The molecule has 4 heteroatoms. The topological polar surface area (TPSA) is 58.6 Å². The van der Waals surface area contributed by atoms with E-state index in [1.807, 2.05) is 55.5 Å². The normalized spacial score (nSPS) is 11.6. The Morgan fingerprint density at radius 2 is 1.76 bits per heavy atom. The van der Waals surface area contributed by atoms with Gasteiger partial charge in [0.1, 0.15) is 11.3 Å². The first-order valence-corrected chi connectivity index (χ1v) is 9.39. The van der Waals surface area contributed by atoms with Crippen LogP contribution in [0.1, 0.15) is 11.1 Å². The Bertz CT molecular complexity index is 1380. The highest BCUT2D eigenvalue weighted by atomic mass is 16.3. The molecule has 0 fully saturated rings. The molecule has 0 atom stereocenters. The summed E-state index contributed by atoms with van der Waals surface area (Å²) in [5, 5.41) is 12.3. The molecule has 0 aliphatic heterocycles. The zero-order chi connectivity index (χ0) is 19.8. The minimum atomic E-state index is 0.209. The molecule has 0 unspecified atom stereocenters. The van der Waals surface area contributed by atoms with Crippen LogP contribution in [0, 0.1) is 6.92 Å². The van der Waals surface area contributed by atoms with Crippen LogP contribution in [0.4, 0.5) is 5.69 Å². The van der Waals surface area contributed by atoms with Crippen molar-refractivity contribution in [3.8, 4) is 17.2 Å². The average Bonchev–Trinajstić information content (AvgIpc) is 3.17. The summed E-state index contributed by atoms with van der Waals surface area (Å²) in [6.45, 7) is 1.98.